The lowest BCUT2D eigenvalue weighted by molar-refractivity contribution is 0.200. The molecule has 1 saturated heterocycles. The van der Waals surface area contributed by atoms with Crippen molar-refractivity contribution >= 4 is 11.8 Å². The van der Waals surface area contributed by atoms with E-state index in [1.165, 1.54) is 5.56 Å². The molecule has 2 heterocycles. The van der Waals surface area contributed by atoms with Crippen molar-refractivity contribution in [2.75, 3.05) is 25.5 Å². The molecule has 5 heteroatoms. The molecule has 0 spiro atoms. The molecule has 2 aromatic rings. The number of hydrogen-bond acceptors (Lipinski definition) is 4. The number of rotatable bonds is 3. The monoisotopic (exact) mass is 351 g/mol. The van der Waals surface area contributed by atoms with Gasteiger partial charge in [0, 0.05) is 37.3 Å². The van der Waals surface area contributed by atoms with Crippen LogP contribution in [0.3, 0.4) is 0 Å². The molecule has 0 saturated carbocycles. The number of benzene rings is 2. The molecule has 0 radical (unpaired) electrons. The first kappa shape index (κ1) is 16.9. The number of nitrogens with zero attached hydrogens (tertiary/aromatic N) is 2. The third-order valence-electron chi connectivity index (χ3n) is 5.79. The van der Waals surface area contributed by atoms with Gasteiger partial charge in [-0.2, -0.15) is 0 Å². The van der Waals surface area contributed by atoms with Crippen molar-refractivity contribution in [3.05, 3.63) is 59.7 Å². The Morgan fingerprint density at radius 1 is 1.23 bits per heavy atom. The van der Waals surface area contributed by atoms with Gasteiger partial charge < -0.3 is 15.0 Å². The van der Waals surface area contributed by atoms with Crippen molar-refractivity contribution < 1.29 is 9.53 Å². The topological polar surface area (TPSA) is 44.8 Å². The second-order valence-electron chi connectivity index (χ2n) is 7.54. The second kappa shape index (κ2) is 6.32. The molecule has 2 atom stereocenters. The zero-order chi connectivity index (χ0) is 18.3. The number of hydrogen-bond donors (Lipinski definition) is 1. The normalized spacial score (nSPS) is 24.3. The highest BCUT2D eigenvalue weighted by molar-refractivity contribution is 5.73. The number of carbonyl (C=O) groups excluding carboxylic acids is 1. The molecule has 0 aromatic heterocycles. The standard InChI is InChI=1S/C21H25N3O2/c1-21-11-12-23(2)19(21)24(3)18-13-16(9-10-17(18)21)26-20(25)22-14-15-7-5-4-6-8-15/h4-10,13,19H,11-12,14H2,1-3H3,(H,22,25)/t19-,21+/m0/s1. The Bertz CT molecular complexity index is 823. The first-order valence-electron chi connectivity index (χ1n) is 9.06. The molecule has 0 aliphatic carbocycles. The van der Waals surface area contributed by atoms with Gasteiger partial charge in [0.1, 0.15) is 5.75 Å². The molecule has 1 amide bonds. The van der Waals surface area contributed by atoms with Crippen molar-refractivity contribution in [1.29, 1.82) is 0 Å². The van der Waals surface area contributed by atoms with E-state index in [2.05, 4.69) is 42.2 Å². The number of ether oxygens (including phenoxy) is 1. The second-order valence-corrected chi connectivity index (χ2v) is 7.54. The predicted molar refractivity (Wildman–Crippen MR) is 103 cm³/mol. The molecule has 5 nitrogen and oxygen atoms in total. The lowest BCUT2D eigenvalue weighted by Gasteiger charge is -2.32. The Morgan fingerprint density at radius 3 is 2.77 bits per heavy atom. The largest absolute Gasteiger partial charge is 0.412 e. The Balaban J connectivity index is 1.47. The van der Waals surface area contributed by atoms with Crippen LogP contribution in [-0.2, 0) is 12.0 Å². The van der Waals surface area contributed by atoms with Crippen LogP contribution in [0, 0.1) is 0 Å². The van der Waals surface area contributed by atoms with Crippen LogP contribution < -0.4 is 15.0 Å². The Labute approximate surface area is 154 Å². The van der Waals surface area contributed by atoms with Gasteiger partial charge in [-0.25, -0.2) is 4.79 Å². The number of likely N-dealkylation sites (tertiary alicyclic amines) is 1. The molecular weight excluding hydrogens is 326 g/mol. The smallest absolute Gasteiger partial charge is 0.410 e. The summed E-state index contributed by atoms with van der Waals surface area (Å²) in [7, 11) is 4.29. The van der Waals surface area contributed by atoms with Crippen LogP contribution in [0.1, 0.15) is 24.5 Å². The number of carbonyl (C=O) groups is 1. The van der Waals surface area contributed by atoms with E-state index in [4.69, 9.17) is 4.74 Å². The third-order valence-corrected chi connectivity index (χ3v) is 5.79. The van der Waals surface area contributed by atoms with E-state index in [1.54, 1.807) is 0 Å². The van der Waals surface area contributed by atoms with E-state index in [0.717, 1.165) is 24.2 Å². The quantitative estimate of drug-likeness (QED) is 0.921. The van der Waals surface area contributed by atoms with Gasteiger partial charge in [-0.15, -0.1) is 0 Å². The van der Waals surface area contributed by atoms with Crippen LogP contribution in [0.4, 0.5) is 10.5 Å². The van der Waals surface area contributed by atoms with Crippen molar-refractivity contribution in [2.45, 2.75) is 31.5 Å². The van der Waals surface area contributed by atoms with Crippen molar-refractivity contribution in [1.82, 2.24) is 10.2 Å². The van der Waals surface area contributed by atoms with Crippen LogP contribution in [-0.4, -0.2) is 37.8 Å². The summed E-state index contributed by atoms with van der Waals surface area (Å²) in [6.45, 7) is 3.89. The molecular formula is C21H25N3O2. The van der Waals surface area contributed by atoms with E-state index >= 15 is 0 Å². The van der Waals surface area contributed by atoms with E-state index in [9.17, 15) is 4.79 Å². The fourth-order valence-electron chi connectivity index (χ4n) is 4.54. The van der Waals surface area contributed by atoms with Gasteiger partial charge in [0.2, 0.25) is 0 Å². The number of amides is 1. The molecule has 2 aliphatic heterocycles. The highest BCUT2D eigenvalue weighted by atomic mass is 16.6. The van der Waals surface area contributed by atoms with Gasteiger partial charge in [0.05, 0.1) is 6.17 Å². The average molecular weight is 351 g/mol. The summed E-state index contributed by atoms with van der Waals surface area (Å²) in [5, 5.41) is 2.80. The van der Waals surface area contributed by atoms with Crippen LogP contribution in [0.25, 0.3) is 0 Å². The Hall–Kier alpha value is -2.53. The predicted octanol–water partition coefficient (Wildman–Crippen LogP) is 3.34. The lowest BCUT2D eigenvalue weighted by atomic mass is 9.81. The molecule has 26 heavy (non-hydrogen) atoms. The molecule has 4 rings (SSSR count). The fraction of sp³-hybridized carbons (Fsp3) is 0.381. The Kier molecular flexibility index (Phi) is 4.11. The fourth-order valence-corrected chi connectivity index (χ4v) is 4.54. The van der Waals surface area contributed by atoms with E-state index in [-0.39, 0.29) is 5.41 Å². The van der Waals surface area contributed by atoms with Crippen molar-refractivity contribution in [2.24, 2.45) is 0 Å². The van der Waals surface area contributed by atoms with Crippen LogP contribution in [0.15, 0.2) is 48.5 Å². The maximum absolute atomic E-state index is 12.1. The summed E-state index contributed by atoms with van der Waals surface area (Å²) in [6.07, 6.45) is 1.07. The summed E-state index contributed by atoms with van der Waals surface area (Å²) in [6, 6.07) is 15.8. The van der Waals surface area contributed by atoms with Gasteiger partial charge in [-0.3, -0.25) is 4.90 Å². The maximum atomic E-state index is 12.1. The van der Waals surface area contributed by atoms with Gasteiger partial charge >= 0.3 is 6.09 Å². The van der Waals surface area contributed by atoms with E-state index in [1.807, 2.05) is 42.5 Å². The summed E-state index contributed by atoms with van der Waals surface area (Å²) in [4.78, 5) is 16.8. The average Bonchev–Trinajstić information content (AvgIpc) is 3.06. The van der Waals surface area contributed by atoms with Gasteiger partial charge in [-0.1, -0.05) is 43.3 Å². The van der Waals surface area contributed by atoms with Crippen molar-refractivity contribution in [3.8, 4) is 5.75 Å². The van der Waals surface area contributed by atoms with Crippen LogP contribution in [0.5, 0.6) is 5.75 Å². The molecule has 2 aliphatic rings. The van der Waals surface area contributed by atoms with Crippen LogP contribution in [0.2, 0.25) is 0 Å². The molecule has 1 N–H and O–H groups in total. The van der Waals surface area contributed by atoms with Gasteiger partial charge in [0.25, 0.3) is 0 Å². The molecule has 1 fully saturated rings. The molecule has 136 valence electrons. The Morgan fingerprint density at radius 2 is 2.00 bits per heavy atom. The number of nitrogens with one attached hydrogen (secondary N) is 1. The number of anilines is 1. The number of fused-ring (bicyclic) bond motifs is 3. The minimum absolute atomic E-state index is 0.132. The highest BCUT2D eigenvalue weighted by Crippen LogP contribution is 2.51. The zero-order valence-corrected chi connectivity index (χ0v) is 15.5. The molecule has 2 aromatic carbocycles. The summed E-state index contributed by atoms with van der Waals surface area (Å²) in [5.41, 5.74) is 3.66. The SMILES string of the molecule is CN1CC[C@]2(C)c3ccc(OC(=O)NCc4ccccc4)cc3N(C)[C@H]12. The van der Waals surface area contributed by atoms with Crippen LogP contribution >= 0.6 is 0 Å². The van der Waals surface area contributed by atoms with E-state index in [0.29, 0.717) is 18.5 Å². The number of likely N-dealkylation sites (N-methyl/N-ethyl adjacent to an activating group) is 2. The first-order chi connectivity index (χ1) is 12.5. The minimum atomic E-state index is -0.432. The summed E-state index contributed by atoms with van der Waals surface area (Å²) < 4.78 is 5.50. The van der Waals surface area contributed by atoms with Gasteiger partial charge in [0.15, 0.2) is 0 Å². The minimum Gasteiger partial charge on any atom is -0.410 e. The lowest BCUT2D eigenvalue weighted by Crippen LogP contribution is -2.45. The maximum Gasteiger partial charge on any atom is 0.412 e. The third kappa shape index (κ3) is 2.72. The van der Waals surface area contributed by atoms with E-state index < -0.39 is 6.09 Å². The summed E-state index contributed by atoms with van der Waals surface area (Å²) in [5.74, 6) is 0.576. The highest BCUT2D eigenvalue weighted by Gasteiger charge is 2.52. The van der Waals surface area contributed by atoms with Crippen molar-refractivity contribution in [3.63, 3.8) is 0 Å². The first-order valence-corrected chi connectivity index (χ1v) is 9.06. The molecule has 0 unspecified atom stereocenters. The van der Waals surface area contributed by atoms with Gasteiger partial charge in [-0.05, 0) is 30.7 Å². The zero-order valence-electron chi connectivity index (χ0n) is 15.5. The molecule has 0 bridgehead atoms. The summed E-state index contributed by atoms with van der Waals surface area (Å²) >= 11 is 0.